The second-order valence-electron chi connectivity index (χ2n) is 5.99. The van der Waals surface area contributed by atoms with Crippen LogP contribution in [0.3, 0.4) is 0 Å². The average molecular weight is 359 g/mol. The lowest BCUT2D eigenvalue weighted by atomic mass is 10.2. The molecule has 0 bridgehead atoms. The van der Waals surface area contributed by atoms with E-state index < -0.39 is 0 Å². The fourth-order valence-corrected chi connectivity index (χ4v) is 3.08. The van der Waals surface area contributed by atoms with Gasteiger partial charge in [-0.2, -0.15) is 0 Å². The number of hydrogen-bond acceptors (Lipinski definition) is 5. The third-order valence-corrected chi connectivity index (χ3v) is 4.94. The number of hydrogen-bond donors (Lipinski definition) is 2. The van der Waals surface area contributed by atoms with Crippen LogP contribution in [0.2, 0.25) is 0 Å². The Kier molecular flexibility index (Phi) is 5.37. The van der Waals surface area contributed by atoms with Crippen molar-refractivity contribution in [1.29, 1.82) is 0 Å². The topological polar surface area (TPSA) is 88.9 Å². The number of nitrogens with zero attached hydrogens (tertiary/aromatic N) is 3. The first-order valence-electron chi connectivity index (χ1n) is 8.28. The van der Waals surface area contributed by atoms with Crippen LogP contribution in [0.15, 0.2) is 29.4 Å². The van der Waals surface area contributed by atoms with Crippen LogP contribution < -0.4 is 10.6 Å². The monoisotopic (exact) mass is 359 g/mol. The zero-order chi connectivity index (χ0) is 17.8. The molecule has 2 aromatic rings. The summed E-state index contributed by atoms with van der Waals surface area (Å²) in [5.74, 6) is 1.67. The number of aromatic nitrogens is 3. The molecular formula is C17H21N5O2S. The number of thioether (sulfide) groups is 1. The summed E-state index contributed by atoms with van der Waals surface area (Å²) in [5.41, 5.74) is 1.41. The van der Waals surface area contributed by atoms with Gasteiger partial charge in [-0.05, 0) is 37.1 Å². The highest BCUT2D eigenvalue weighted by Crippen LogP contribution is 2.39. The minimum Gasteiger partial charge on any atom is -0.326 e. The molecule has 1 aliphatic carbocycles. The molecule has 3 rings (SSSR count). The van der Waals surface area contributed by atoms with E-state index in [1.54, 1.807) is 31.2 Å². The molecule has 2 N–H and O–H groups in total. The van der Waals surface area contributed by atoms with E-state index in [4.69, 9.17) is 0 Å². The van der Waals surface area contributed by atoms with Gasteiger partial charge in [-0.1, -0.05) is 18.7 Å². The largest absolute Gasteiger partial charge is 0.326 e. The molecule has 0 saturated heterocycles. The maximum absolute atomic E-state index is 12.1. The van der Waals surface area contributed by atoms with Crippen LogP contribution in [0, 0.1) is 0 Å². The molecule has 2 amide bonds. The molecule has 0 unspecified atom stereocenters. The van der Waals surface area contributed by atoms with Crippen molar-refractivity contribution < 1.29 is 9.59 Å². The molecule has 0 radical (unpaired) electrons. The van der Waals surface area contributed by atoms with E-state index in [0.29, 0.717) is 23.7 Å². The minimum atomic E-state index is -0.105. The molecule has 1 fully saturated rings. The fraction of sp³-hybridized carbons (Fsp3) is 0.412. The van der Waals surface area contributed by atoms with Gasteiger partial charge in [0.05, 0.1) is 5.75 Å². The van der Waals surface area contributed by atoms with Gasteiger partial charge in [0.1, 0.15) is 5.82 Å². The Labute approximate surface area is 150 Å². The molecule has 1 saturated carbocycles. The summed E-state index contributed by atoms with van der Waals surface area (Å²) in [6, 6.07) is 7.06. The van der Waals surface area contributed by atoms with E-state index in [1.807, 2.05) is 11.6 Å². The highest BCUT2D eigenvalue weighted by molar-refractivity contribution is 7.99. The van der Waals surface area contributed by atoms with Crippen molar-refractivity contribution in [1.82, 2.24) is 14.8 Å². The van der Waals surface area contributed by atoms with Gasteiger partial charge in [-0.3, -0.25) is 9.59 Å². The van der Waals surface area contributed by atoms with Crippen LogP contribution >= 0.6 is 11.8 Å². The molecule has 7 nitrogen and oxygen atoms in total. The number of benzene rings is 1. The summed E-state index contributed by atoms with van der Waals surface area (Å²) < 4.78 is 1.97. The maximum Gasteiger partial charge on any atom is 0.234 e. The fourth-order valence-electron chi connectivity index (χ4n) is 2.36. The van der Waals surface area contributed by atoms with E-state index in [2.05, 4.69) is 20.8 Å². The third kappa shape index (κ3) is 4.60. The van der Waals surface area contributed by atoms with Crippen LogP contribution in [0.1, 0.15) is 37.9 Å². The zero-order valence-electron chi connectivity index (χ0n) is 14.3. The molecule has 1 heterocycles. The van der Waals surface area contributed by atoms with E-state index in [1.165, 1.54) is 24.6 Å². The number of nitrogens with one attached hydrogen (secondary N) is 2. The van der Waals surface area contributed by atoms with Gasteiger partial charge in [-0.15, -0.1) is 10.2 Å². The van der Waals surface area contributed by atoms with Crippen LogP contribution in [0.5, 0.6) is 0 Å². The van der Waals surface area contributed by atoms with Gasteiger partial charge >= 0.3 is 0 Å². The van der Waals surface area contributed by atoms with Crippen LogP contribution in [0.4, 0.5) is 11.4 Å². The Morgan fingerprint density at radius 3 is 2.28 bits per heavy atom. The Morgan fingerprint density at radius 1 is 1.12 bits per heavy atom. The lowest BCUT2D eigenvalue weighted by molar-refractivity contribution is -0.116. The molecule has 0 aliphatic heterocycles. The predicted molar refractivity (Wildman–Crippen MR) is 97.7 cm³/mol. The summed E-state index contributed by atoms with van der Waals surface area (Å²) in [5, 5.41) is 14.7. The molecular weight excluding hydrogens is 338 g/mol. The first kappa shape index (κ1) is 17.5. The smallest absolute Gasteiger partial charge is 0.234 e. The third-order valence-electron chi connectivity index (χ3n) is 3.92. The van der Waals surface area contributed by atoms with Gasteiger partial charge in [-0.25, -0.2) is 0 Å². The summed E-state index contributed by atoms with van der Waals surface area (Å²) in [7, 11) is 1.94. The van der Waals surface area contributed by atoms with Crippen molar-refractivity contribution in [3.63, 3.8) is 0 Å². The number of anilines is 2. The molecule has 1 aromatic heterocycles. The van der Waals surface area contributed by atoms with Crippen LogP contribution in [0.25, 0.3) is 0 Å². The number of rotatable bonds is 7. The second-order valence-corrected chi connectivity index (χ2v) is 6.93. The van der Waals surface area contributed by atoms with Gasteiger partial charge in [0.25, 0.3) is 0 Å². The molecule has 0 atom stereocenters. The minimum absolute atomic E-state index is 0.0394. The number of carbonyl (C=O) groups excluding carboxylic acids is 2. The SMILES string of the molecule is CCC(=O)Nc1ccc(NC(=O)CSc2nnc(C3CC3)n2C)cc1. The number of carbonyl (C=O) groups is 2. The molecule has 1 aromatic carbocycles. The van der Waals surface area contributed by atoms with Crippen molar-refractivity contribution in [2.45, 2.75) is 37.3 Å². The second kappa shape index (κ2) is 7.69. The Bertz CT molecular complexity index is 768. The van der Waals surface area contributed by atoms with Crippen molar-refractivity contribution >= 4 is 35.0 Å². The number of amides is 2. The van der Waals surface area contributed by atoms with Crippen LogP contribution in [-0.4, -0.2) is 32.3 Å². The van der Waals surface area contributed by atoms with E-state index in [9.17, 15) is 9.59 Å². The Hall–Kier alpha value is -2.35. The summed E-state index contributed by atoms with van der Waals surface area (Å²) in [6.07, 6.45) is 2.78. The van der Waals surface area contributed by atoms with E-state index in [0.717, 1.165) is 11.0 Å². The lowest BCUT2D eigenvalue weighted by Gasteiger charge is -2.07. The highest BCUT2D eigenvalue weighted by atomic mass is 32.2. The average Bonchev–Trinajstić information content (AvgIpc) is 3.38. The van der Waals surface area contributed by atoms with E-state index >= 15 is 0 Å². The maximum atomic E-state index is 12.1. The van der Waals surface area contributed by atoms with Gasteiger partial charge in [0.2, 0.25) is 11.8 Å². The zero-order valence-corrected chi connectivity index (χ0v) is 15.1. The quantitative estimate of drug-likeness (QED) is 0.742. The first-order valence-corrected chi connectivity index (χ1v) is 9.27. The molecule has 0 spiro atoms. The highest BCUT2D eigenvalue weighted by Gasteiger charge is 2.29. The molecule has 132 valence electrons. The summed E-state index contributed by atoms with van der Waals surface area (Å²) in [6.45, 7) is 1.80. The molecule has 1 aliphatic rings. The molecule has 8 heteroatoms. The standard InChI is InChI=1S/C17H21N5O2S/c1-3-14(23)18-12-6-8-13(9-7-12)19-15(24)10-25-17-21-20-16(22(17)2)11-4-5-11/h6-9,11H,3-5,10H2,1-2H3,(H,18,23)(H,19,24). The van der Waals surface area contributed by atoms with Gasteiger partial charge < -0.3 is 15.2 Å². The Balaban J connectivity index is 1.49. The predicted octanol–water partition coefficient (Wildman–Crippen LogP) is 2.77. The Morgan fingerprint density at radius 2 is 1.72 bits per heavy atom. The van der Waals surface area contributed by atoms with Crippen molar-refractivity contribution in [2.24, 2.45) is 7.05 Å². The first-order chi connectivity index (χ1) is 12.1. The van der Waals surface area contributed by atoms with Crippen molar-refractivity contribution in [2.75, 3.05) is 16.4 Å². The van der Waals surface area contributed by atoms with Crippen LogP contribution in [-0.2, 0) is 16.6 Å². The molecule has 25 heavy (non-hydrogen) atoms. The van der Waals surface area contributed by atoms with Crippen molar-refractivity contribution in [3.05, 3.63) is 30.1 Å². The van der Waals surface area contributed by atoms with Gasteiger partial charge in [0, 0.05) is 30.8 Å². The van der Waals surface area contributed by atoms with E-state index in [-0.39, 0.29) is 17.6 Å². The summed E-state index contributed by atoms with van der Waals surface area (Å²) >= 11 is 1.38. The lowest BCUT2D eigenvalue weighted by Crippen LogP contribution is -2.14. The summed E-state index contributed by atoms with van der Waals surface area (Å²) in [4.78, 5) is 23.4. The normalized spacial score (nSPS) is 13.5. The van der Waals surface area contributed by atoms with Crippen molar-refractivity contribution in [3.8, 4) is 0 Å². The van der Waals surface area contributed by atoms with Gasteiger partial charge in [0.15, 0.2) is 5.16 Å².